The Kier molecular flexibility index (Phi) is 5.84. The fourth-order valence-electron chi connectivity index (χ4n) is 4.27. The fraction of sp³-hybridized carbons (Fsp3) is 0.600. The van der Waals surface area contributed by atoms with Crippen LogP contribution < -0.4 is 16.2 Å². The highest BCUT2D eigenvalue weighted by atomic mass is 32.1. The summed E-state index contributed by atoms with van der Waals surface area (Å²) in [6, 6.07) is 0.145. The van der Waals surface area contributed by atoms with Crippen LogP contribution >= 0.6 is 11.3 Å². The van der Waals surface area contributed by atoms with Crippen molar-refractivity contribution in [3.63, 3.8) is 0 Å². The minimum atomic E-state index is -0.776. The van der Waals surface area contributed by atoms with Crippen molar-refractivity contribution >= 4 is 28.1 Å². The first-order chi connectivity index (χ1) is 14.0. The molecule has 3 N–H and O–H groups in total. The Morgan fingerprint density at radius 3 is 2.62 bits per heavy atom. The molecule has 156 valence electrons. The van der Waals surface area contributed by atoms with Gasteiger partial charge in [-0.1, -0.05) is 25.7 Å². The molecule has 2 aliphatic rings. The van der Waals surface area contributed by atoms with E-state index in [9.17, 15) is 19.5 Å². The van der Waals surface area contributed by atoms with Gasteiger partial charge in [0.15, 0.2) is 10.5 Å². The van der Waals surface area contributed by atoms with Crippen LogP contribution in [0.2, 0.25) is 0 Å². The van der Waals surface area contributed by atoms with Gasteiger partial charge in [-0.15, -0.1) is 11.3 Å². The molecule has 2 aromatic heterocycles. The van der Waals surface area contributed by atoms with E-state index >= 15 is 0 Å². The van der Waals surface area contributed by atoms with Gasteiger partial charge < -0.3 is 15.7 Å². The van der Waals surface area contributed by atoms with Crippen LogP contribution in [0.25, 0.3) is 4.96 Å². The fourth-order valence-corrected chi connectivity index (χ4v) is 5.46. The van der Waals surface area contributed by atoms with Crippen molar-refractivity contribution in [3.05, 3.63) is 26.5 Å². The maximum absolute atomic E-state index is 13.0. The number of hydrogen-bond donors (Lipinski definition) is 3. The van der Waals surface area contributed by atoms with Crippen LogP contribution in [0.1, 0.15) is 72.3 Å². The highest BCUT2D eigenvalue weighted by molar-refractivity contribution is 7.17. The molecule has 29 heavy (non-hydrogen) atoms. The smallest absolute Gasteiger partial charge is 0.275 e. The number of amides is 2. The van der Waals surface area contributed by atoms with Gasteiger partial charge in [0.1, 0.15) is 0 Å². The standard InChI is InChI=1S/C20H26N4O4S/c25-15(22-12-7-3-1-4-8-12)11-21-17(26)16-18(27)23-20-24(19(16)28)13-9-5-2-6-10-14(13)29-20/h12,27H,1-11H2,(H,21,26)(H,22,25). The molecule has 9 heteroatoms. The number of fused-ring (bicyclic) bond motifs is 3. The molecular formula is C20H26N4O4S. The van der Waals surface area contributed by atoms with Gasteiger partial charge in [0, 0.05) is 16.6 Å². The zero-order chi connectivity index (χ0) is 20.4. The summed E-state index contributed by atoms with van der Waals surface area (Å²) in [5.41, 5.74) is -0.0843. The first-order valence-electron chi connectivity index (χ1n) is 10.4. The minimum Gasteiger partial charge on any atom is -0.492 e. The highest BCUT2D eigenvalue weighted by Gasteiger charge is 2.25. The lowest BCUT2D eigenvalue weighted by Crippen LogP contribution is -2.43. The first-order valence-corrected chi connectivity index (χ1v) is 11.2. The molecule has 1 saturated carbocycles. The Balaban J connectivity index is 1.52. The Labute approximate surface area is 172 Å². The minimum absolute atomic E-state index is 0.145. The van der Waals surface area contributed by atoms with Gasteiger partial charge in [0.05, 0.1) is 6.54 Å². The number of nitrogens with zero attached hydrogens (tertiary/aromatic N) is 2. The molecule has 0 bridgehead atoms. The summed E-state index contributed by atoms with van der Waals surface area (Å²) in [5, 5.41) is 15.6. The Morgan fingerprint density at radius 2 is 1.83 bits per heavy atom. The van der Waals surface area contributed by atoms with E-state index in [0.717, 1.165) is 68.4 Å². The number of rotatable bonds is 4. The normalized spacial score (nSPS) is 17.5. The maximum Gasteiger partial charge on any atom is 0.275 e. The molecule has 2 aromatic rings. The van der Waals surface area contributed by atoms with Crippen LogP contribution in [-0.2, 0) is 17.6 Å². The number of carbonyl (C=O) groups excluding carboxylic acids is 2. The van der Waals surface area contributed by atoms with Gasteiger partial charge >= 0.3 is 0 Å². The third-order valence-electron chi connectivity index (χ3n) is 5.76. The summed E-state index contributed by atoms with van der Waals surface area (Å²) in [5.74, 6) is -1.65. The van der Waals surface area contributed by atoms with Gasteiger partial charge in [0.2, 0.25) is 11.8 Å². The third-order valence-corrected chi connectivity index (χ3v) is 6.91. The monoisotopic (exact) mass is 418 g/mol. The predicted octanol–water partition coefficient (Wildman–Crippen LogP) is 1.91. The maximum atomic E-state index is 13.0. The van der Waals surface area contributed by atoms with E-state index < -0.39 is 22.9 Å². The molecule has 2 heterocycles. The van der Waals surface area contributed by atoms with Gasteiger partial charge in [-0.25, -0.2) is 0 Å². The molecule has 2 amide bonds. The van der Waals surface area contributed by atoms with Gasteiger partial charge in [0.25, 0.3) is 11.5 Å². The summed E-state index contributed by atoms with van der Waals surface area (Å²) in [6.45, 7) is -0.237. The molecule has 0 saturated heterocycles. The molecule has 0 radical (unpaired) electrons. The number of carbonyl (C=O) groups is 2. The van der Waals surface area contributed by atoms with Crippen LogP contribution in [0.3, 0.4) is 0 Å². The molecule has 0 aromatic carbocycles. The first kappa shape index (κ1) is 19.9. The summed E-state index contributed by atoms with van der Waals surface area (Å²) in [6.07, 6.45) is 10.1. The number of aromatic hydroxyl groups is 1. The summed E-state index contributed by atoms with van der Waals surface area (Å²) in [4.78, 5) is 43.3. The molecular weight excluding hydrogens is 392 g/mol. The zero-order valence-electron chi connectivity index (χ0n) is 16.3. The zero-order valence-corrected chi connectivity index (χ0v) is 17.1. The Bertz CT molecular complexity index is 991. The molecule has 0 spiro atoms. The number of thiazole rings is 1. The second-order valence-corrected chi connectivity index (χ2v) is 8.91. The van der Waals surface area contributed by atoms with E-state index in [0.29, 0.717) is 4.96 Å². The van der Waals surface area contributed by atoms with Crippen molar-refractivity contribution < 1.29 is 14.7 Å². The average Bonchev–Trinajstić information content (AvgIpc) is 2.88. The van der Waals surface area contributed by atoms with Gasteiger partial charge in [-0.2, -0.15) is 4.98 Å². The lowest BCUT2D eigenvalue weighted by Gasteiger charge is -2.22. The van der Waals surface area contributed by atoms with E-state index in [-0.39, 0.29) is 18.5 Å². The van der Waals surface area contributed by atoms with E-state index in [4.69, 9.17) is 0 Å². The average molecular weight is 419 g/mol. The lowest BCUT2D eigenvalue weighted by atomic mass is 9.95. The van der Waals surface area contributed by atoms with Crippen molar-refractivity contribution in [1.82, 2.24) is 20.0 Å². The van der Waals surface area contributed by atoms with E-state index in [2.05, 4.69) is 15.6 Å². The number of aryl methyl sites for hydroxylation is 2. The van der Waals surface area contributed by atoms with Crippen molar-refractivity contribution in [3.8, 4) is 5.88 Å². The molecule has 8 nitrogen and oxygen atoms in total. The molecule has 1 fully saturated rings. The van der Waals surface area contributed by atoms with Gasteiger partial charge in [-0.3, -0.25) is 18.8 Å². The van der Waals surface area contributed by atoms with Crippen LogP contribution in [0.4, 0.5) is 0 Å². The number of aromatic nitrogens is 2. The molecule has 2 aliphatic carbocycles. The van der Waals surface area contributed by atoms with E-state index in [1.54, 1.807) is 0 Å². The van der Waals surface area contributed by atoms with Gasteiger partial charge in [-0.05, 0) is 38.5 Å². The Morgan fingerprint density at radius 1 is 1.10 bits per heavy atom. The SMILES string of the molecule is O=C(CNC(=O)c1c(O)nc2sc3c(n2c1=O)CCCCC3)NC1CCCCC1. The highest BCUT2D eigenvalue weighted by Crippen LogP contribution is 2.29. The van der Waals surface area contributed by atoms with Crippen molar-refractivity contribution in [1.29, 1.82) is 0 Å². The van der Waals surface area contributed by atoms with Crippen molar-refractivity contribution in [2.45, 2.75) is 70.3 Å². The van der Waals surface area contributed by atoms with Crippen LogP contribution in [0.5, 0.6) is 5.88 Å². The number of nitrogens with one attached hydrogen (secondary N) is 2. The summed E-state index contributed by atoms with van der Waals surface area (Å²) >= 11 is 1.40. The molecule has 0 atom stereocenters. The quantitative estimate of drug-likeness (QED) is 0.657. The van der Waals surface area contributed by atoms with Crippen molar-refractivity contribution in [2.75, 3.05) is 6.54 Å². The van der Waals surface area contributed by atoms with E-state index in [1.165, 1.54) is 22.2 Å². The second kappa shape index (κ2) is 8.52. The van der Waals surface area contributed by atoms with Crippen molar-refractivity contribution in [2.24, 2.45) is 0 Å². The van der Waals surface area contributed by atoms with E-state index in [1.807, 2.05) is 0 Å². The van der Waals surface area contributed by atoms with Crippen LogP contribution in [0, 0.1) is 0 Å². The number of hydrogen-bond acceptors (Lipinski definition) is 6. The summed E-state index contributed by atoms with van der Waals surface area (Å²) < 4.78 is 1.46. The van der Waals surface area contributed by atoms with Crippen LogP contribution in [0.15, 0.2) is 4.79 Å². The Hall–Kier alpha value is -2.42. The predicted molar refractivity (Wildman–Crippen MR) is 110 cm³/mol. The molecule has 0 aliphatic heterocycles. The second-order valence-electron chi connectivity index (χ2n) is 7.85. The summed E-state index contributed by atoms with van der Waals surface area (Å²) in [7, 11) is 0. The topological polar surface area (TPSA) is 113 Å². The molecule has 4 rings (SSSR count). The van der Waals surface area contributed by atoms with Crippen LogP contribution in [-0.4, -0.2) is 38.9 Å². The molecule has 0 unspecified atom stereocenters. The third kappa shape index (κ3) is 4.14. The largest absolute Gasteiger partial charge is 0.492 e. The lowest BCUT2D eigenvalue weighted by molar-refractivity contribution is -0.121.